The first-order valence-corrected chi connectivity index (χ1v) is 4.69. The molecule has 1 heterocycles. The fraction of sp³-hybridized carbons (Fsp3) is 0.333. The zero-order valence-corrected chi connectivity index (χ0v) is 8.21. The van der Waals surface area contributed by atoms with Gasteiger partial charge in [-0.15, -0.1) is 6.42 Å². The molecule has 1 aromatic carbocycles. The number of ether oxygens (including phenoxy) is 1. The van der Waals surface area contributed by atoms with Crippen molar-refractivity contribution in [3.05, 3.63) is 29.8 Å². The molecule has 1 fully saturated rings. The van der Waals surface area contributed by atoms with Gasteiger partial charge < -0.3 is 10.1 Å². The van der Waals surface area contributed by atoms with E-state index in [-0.39, 0.29) is 5.60 Å². The minimum Gasteiger partial charge on any atom is -0.484 e. The SMILES string of the molecule is C#Cc1ccccc1OC1(C)CNC1. The maximum atomic E-state index is 5.85. The summed E-state index contributed by atoms with van der Waals surface area (Å²) in [7, 11) is 0. The minimum atomic E-state index is -0.0903. The summed E-state index contributed by atoms with van der Waals surface area (Å²) >= 11 is 0. The molecule has 0 saturated carbocycles. The fourth-order valence-electron chi connectivity index (χ4n) is 1.49. The lowest BCUT2D eigenvalue weighted by molar-refractivity contribution is 0.0346. The highest BCUT2D eigenvalue weighted by Gasteiger charge is 2.34. The standard InChI is InChI=1S/C12H13NO/c1-3-10-6-4-5-7-11(10)14-12(2)8-13-9-12/h1,4-7,13H,8-9H2,2H3. The third-order valence-electron chi connectivity index (χ3n) is 2.40. The highest BCUT2D eigenvalue weighted by atomic mass is 16.5. The van der Waals surface area contributed by atoms with Crippen molar-refractivity contribution in [2.75, 3.05) is 13.1 Å². The molecule has 2 heteroatoms. The lowest BCUT2D eigenvalue weighted by Crippen LogP contribution is -2.61. The fourth-order valence-corrected chi connectivity index (χ4v) is 1.49. The third-order valence-corrected chi connectivity index (χ3v) is 2.40. The molecule has 1 aliphatic rings. The highest BCUT2D eigenvalue weighted by Crippen LogP contribution is 2.24. The number of rotatable bonds is 2. The van der Waals surface area contributed by atoms with Gasteiger partial charge in [-0.1, -0.05) is 18.1 Å². The Hall–Kier alpha value is -1.46. The molecule has 1 saturated heterocycles. The van der Waals surface area contributed by atoms with E-state index >= 15 is 0 Å². The first-order valence-electron chi connectivity index (χ1n) is 4.69. The molecule has 2 rings (SSSR count). The van der Waals surface area contributed by atoms with E-state index in [1.807, 2.05) is 24.3 Å². The molecule has 14 heavy (non-hydrogen) atoms. The monoisotopic (exact) mass is 187 g/mol. The normalized spacial score (nSPS) is 18.0. The van der Waals surface area contributed by atoms with E-state index in [0.717, 1.165) is 24.4 Å². The summed E-state index contributed by atoms with van der Waals surface area (Å²) in [6.07, 6.45) is 5.38. The van der Waals surface area contributed by atoms with Crippen LogP contribution in [0.4, 0.5) is 0 Å². The van der Waals surface area contributed by atoms with Gasteiger partial charge in [0.1, 0.15) is 11.4 Å². The molecule has 0 amide bonds. The van der Waals surface area contributed by atoms with E-state index in [9.17, 15) is 0 Å². The van der Waals surface area contributed by atoms with Gasteiger partial charge in [-0.2, -0.15) is 0 Å². The maximum absolute atomic E-state index is 5.85. The van der Waals surface area contributed by atoms with Gasteiger partial charge in [0.15, 0.2) is 0 Å². The second kappa shape index (κ2) is 3.36. The van der Waals surface area contributed by atoms with Gasteiger partial charge in [0.05, 0.1) is 5.56 Å². The van der Waals surface area contributed by atoms with Crippen LogP contribution in [-0.2, 0) is 0 Å². The summed E-state index contributed by atoms with van der Waals surface area (Å²) in [4.78, 5) is 0. The molecule has 0 aliphatic carbocycles. The third kappa shape index (κ3) is 1.59. The topological polar surface area (TPSA) is 21.3 Å². The largest absolute Gasteiger partial charge is 0.484 e. The van der Waals surface area contributed by atoms with Crippen LogP contribution in [0.3, 0.4) is 0 Å². The van der Waals surface area contributed by atoms with Crippen LogP contribution in [0, 0.1) is 12.3 Å². The molecule has 0 aromatic heterocycles. The summed E-state index contributed by atoms with van der Waals surface area (Å²) in [5.41, 5.74) is 0.730. The van der Waals surface area contributed by atoms with Crippen molar-refractivity contribution in [3.8, 4) is 18.1 Å². The van der Waals surface area contributed by atoms with E-state index in [1.165, 1.54) is 0 Å². The zero-order valence-electron chi connectivity index (χ0n) is 8.21. The first-order chi connectivity index (χ1) is 6.73. The van der Waals surface area contributed by atoms with Crippen LogP contribution < -0.4 is 10.1 Å². The van der Waals surface area contributed by atoms with Crippen LogP contribution in [0.15, 0.2) is 24.3 Å². The predicted octanol–water partition coefficient (Wildman–Crippen LogP) is 1.41. The van der Waals surface area contributed by atoms with Gasteiger partial charge in [0.2, 0.25) is 0 Å². The van der Waals surface area contributed by atoms with Gasteiger partial charge in [0, 0.05) is 13.1 Å². The summed E-state index contributed by atoms with van der Waals surface area (Å²) in [6.45, 7) is 3.84. The van der Waals surface area contributed by atoms with Crippen LogP contribution in [0.1, 0.15) is 12.5 Å². The molecule has 2 nitrogen and oxygen atoms in total. The molecular weight excluding hydrogens is 174 g/mol. The van der Waals surface area contributed by atoms with Crippen molar-refractivity contribution in [1.82, 2.24) is 5.32 Å². The van der Waals surface area contributed by atoms with E-state index in [0.29, 0.717) is 0 Å². The van der Waals surface area contributed by atoms with Crippen LogP contribution in [-0.4, -0.2) is 18.7 Å². The van der Waals surface area contributed by atoms with Gasteiger partial charge in [-0.05, 0) is 19.1 Å². The average Bonchev–Trinajstić information content (AvgIpc) is 2.16. The second-order valence-corrected chi connectivity index (χ2v) is 3.80. The molecule has 72 valence electrons. The Morgan fingerprint density at radius 3 is 2.71 bits per heavy atom. The molecule has 1 aliphatic heterocycles. The zero-order chi connectivity index (χ0) is 10.0. The Morgan fingerprint density at radius 2 is 2.14 bits per heavy atom. The number of terminal acetylenes is 1. The van der Waals surface area contributed by atoms with Gasteiger partial charge >= 0.3 is 0 Å². The van der Waals surface area contributed by atoms with E-state index in [2.05, 4.69) is 18.2 Å². The van der Waals surface area contributed by atoms with Gasteiger partial charge in [0.25, 0.3) is 0 Å². The van der Waals surface area contributed by atoms with Crippen LogP contribution in [0.25, 0.3) is 0 Å². The summed E-state index contributed by atoms with van der Waals surface area (Å²) < 4.78 is 5.85. The Labute approximate surface area is 84.3 Å². The number of hydrogen-bond donors (Lipinski definition) is 1. The molecular formula is C12H13NO. The van der Waals surface area contributed by atoms with Crippen LogP contribution >= 0.6 is 0 Å². The summed E-state index contributed by atoms with van der Waals surface area (Å²) in [5.74, 6) is 3.43. The van der Waals surface area contributed by atoms with E-state index in [4.69, 9.17) is 11.2 Å². The van der Waals surface area contributed by atoms with E-state index in [1.54, 1.807) is 0 Å². The molecule has 0 spiro atoms. The lowest BCUT2D eigenvalue weighted by Gasteiger charge is -2.39. The molecule has 0 radical (unpaired) electrons. The number of para-hydroxylation sites is 1. The van der Waals surface area contributed by atoms with E-state index < -0.39 is 0 Å². The molecule has 1 aromatic rings. The number of nitrogens with one attached hydrogen (secondary N) is 1. The van der Waals surface area contributed by atoms with Crippen LogP contribution in [0.2, 0.25) is 0 Å². The summed E-state index contributed by atoms with van der Waals surface area (Å²) in [5, 5.41) is 3.18. The molecule has 0 unspecified atom stereocenters. The number of benzene rings is 1. The Kier molecular flexibility index (Phi) is 2.18. The van der Waals surface area contributed by atoms with Gasteiger partial charge in [-0.3, -0.25) is 0 Å². The smallest absolute Gasteiger partial charge is 0.135 e. The predicted molar refractivity (Wildman–Crippen MR) is 56.3 cm³/mol. The average molecular weight is 187 g/mol. The van der Waals surface area contributed by atoms with Crippen molar-refractivity contribution in [2.24, 2.45) is 0 Å². The Bertz CT molecular complexity index is 374. The highest BCUT2D eigenvalue weighted by molar-refractivity contribution is 5.45. The first kappa shape index (κ1) is 9.11. The van der Waals surface area contributed by atoms with Crippen molar-refractivity contribution in [1.29, 1.82) is 0 Å². The van der Waals surface area contributed by atoms with Crippen molar-refractivity contribution in [2.45, 2.75) is 12.5 Å². The van der Waals surface area contributed by atoms with Crippen LogP contribution in [0.5, 0.6) is 5.75 Å². The Balaban J connectivity index is 2.20. The van der Waals surface area contributed by atoms with Crippen molar-refractivity contribution in [3.63, 3.8) is 0 Å². The quantitative estimate of drug-likeness (QED) is 0.707. The molecule has 1 N–H and O–H groups in total. The number of hydrogen-bond acceptors (Lipinski definition) is 2. The Morgan fingerprint density at radius 1 is 1.43 bits per heavy atom. The molecule has 0 atom stereocenters. The second-order valence-electron chi connectivity index (χ2n) is 3.80. The minimum absolute atomic E-state index is 0.0903. The molecule has 0 bridgehead atoms. The van der Waals surface area contributed by atoms with Crippen molar-refractivity contribution >= 4 is 0 Å². The van der Waals surface area contributed by atoms with Gasteiger partial charge in [-0.25, -0.2) is 0 Å². The lowest BCUT2D eigenvalue weighted by atomic mass is 10.00. The summed E-state index contributed by atoms with van der Waals surface area (Å²) in [6, 6.07) is 7.67. The maximum Gasteiger partial charge on any atom is 0.135 e. The van der Waals surface area contributed by atoms with Crippen molar-refractivity contribution < 1.29 is 4.74 Å².